The molecule has 0 spiro atoms. The van der Waals surface area contributed by atoms with Gasteiger partial charge in [-0.15, -0.1) is 0 Å². The molecule has 4 nitrogen and oxygen atoms in total. The molecule has 1 amide bonds. The Labute approximate surface area is 132 Å². The number of piperidine rings is 1. The number of hydrogen-bond acceptors (Lipinski definition) is 3. The SMILES string of the molecule is N#Cc1ccccc1NC(=O)CCN1CCCC(C(F)(F)F)C1. The number of nitrogens with one attached hydrogen (secondary N) is 1. The van der Waals surface area contributed by atoms with E-state index in [2.05, 4.69) is 5.32 Å². The summed E-state index contributed by atoms with van der Waals surface area (Å²) < 4.78 is 38.2. The zero-order valence-electron chi connectivity index (χ0n) is 12.6. The summed E-state index contributed by atoms with van der Waals surface area (Å²) in [6, 6.07) is 8.59. The molecule has 1 heterocycles. The highest BCUT2D eigenvalue weighted by molar-refractivity contribution is 5.92. The van der Waals surface area contributed by atoms with Gasteiger partial charge in [0.1, 0.15) is 6.07 Å². The van der Waals surface area contributed by atoms with E-state index in [1.807, 2.05) is 6.07 Å². The third kappa shape index (κ3) is 4.96. The fourth-order valence-corrected chi connectivity index (χ4v) is 2.69. The minimum atomic E-state index is -4.17. The number of benzene rings is 1. The van der Waals surface area contributed by atoms with Gasteiger partial charge in [0.2, 0.25) is 5.91 Å². The first-order valence-electron chi connectivity index (χ1n) is 7.48. The van der Waals surface area contributed by atoms with E-state index in [0.717, 1.165) is 0 Å². The summed E-state index contributed by atoms with van der Waals surface area (Å²) >= 11 is 0. The van der Waals surface area contributed by atoms with Gasteiger partial charge in [0.15, 0.2) is 0 Å². The number of halogens is 3. The van der Waals surface area contributed by atoms with E-state index in [4.69, 9.17) is 5.26 Å². The number of carbonyl (C=O) groups excluding carboxylic acids is 1. The monoisotopic (exact) mass is 325 g/mol. The number of likely N-dealkylation sites (tertiary alicyclic amines) is 1. The summed E-state index contributed by atoms with van der Waals surface area (Å²) in [6.07, 6.45) is -3.43. The van der Waals surface area contributed by atoms with Crippen LogP contribution in [0.25, 0.3) is 0 Å². The van der Waals surface area contributed by atoms with Gasteiger partial charge in [0.25, 0.3) is 0 Å². The Bertz CT molecular complexity index is 595. The molecule has 0 bridgehead atoms. The lowest BCUT2D eigenvalue weighted by Crippen LogP contribution is -2.42. The molecule has 1 atom stereocenters. The number of anilines is 1. The van der Waals surface area contributed by atoms with Crippen molar-refractivity contribution < 1.29 is 18.0 Å². The van der Waals surface area contributed by atoms with E-state index in [0.29, 0.717) is 24.2 Å². The van der Waals surface area contributed by atoms with Crippen LogP contribution in [-0.2, 0) is 4.79 Å². The first-order chi connectivity index (χ1) is 10.9. The maximum absolute atomic E-state index is 12.7. The maximum atomic E-state index is 12.7. The number of hydrogen-bond donors (Lipinski definition) is 1. The average molecular weight is 325 g/mol. The summed E-state index contributed by atoms with van der Waals surface area (Å²) in [5.74, 6) is -1.61. The highest BCUT2D eigenvalue weighted by atomic mass is 19.4. The van der Waals surface area contributed by atoms with Gasteiger partial charge in [-0.25, -0.2) is 0 Å². The van der Waals surface area contributed by atoms with Crippen molar-refractivity contribution in [1.82, 2.24) is 4.90 Å². The highest BCUT2D eigenvalue weighted by Gasteiger charge is 2.41. The summed E-state index contributed by atoms with van der Waals surface area (Å²) in [5, 5.41) is 11.6. The van der Waals surface area contributed by atoms with Gasteiger partial charge in [0.05, 0.1) is 17.2 Å². The first kappa shape index (κ1) is 17.3. The number of nitrogens with zero attached hydrogens (tertiary/aromatic N) is 2. The minimum absolute atomic E-state index is 0.0500. The average Bonchev–Trinajstić information content (AvgIpc) is 2.53. The van der Waals surface area contributed by atoms with Crippen molar-refractivity contribution in [2.45, 2.75) is 25.4 Å². The maximum Gasteiger partial charge on any atom is 0.393 e. The van der Waals surface area contributed by atoms with Crippen molar-refractivity contribution in [3.8, 4) is 6.07 Å². The molecule has 124 valence electrons. The topological polar surface area (TPSA) is 56.1 Å². The third-order valence-corrected chi connectivity index (χ3v) is 3.95. The van der Waals surface area contributed by atoms with Crippen molar-refractivity contribution in [2.24, 2.45) is 5.92 Å². The Kier molecular flexibility index (Phi) is 5.61. The Hall–Kier alpha value is -2.07. The van der Waals surface area contributed by atoms with E-state index in [1.165, 1.54) is 0 Å². The molecule has 0 aromatic heterocycles. The first-order valence-corrected chi connectivity index (χ1v) is 7.48. The quantitative estimate of drug-likeness (QED) is 0.925. The van der Waals surface area contributed by atoms with Crippen molar-refractivity contribution >= 4 is 11.6 Å². The van der Waals surface area contributed by atoms with Crippen LogP contribution < -0.4 is 5.32 Å². The van der Waals surface area contributed by atoms with Gasteiger partial charge in [-0.2, -0.15) is 18.4 Å². The molecule has 23 heavy (non-hydrogen) atoms. The Balaban J connectivity index is 1.84. The van der Waals surface area contributed by atoms with E-state index < -0.39 is 12.1 Å². The fraction of sp³-hybridized carbons (Fsp3) is 0.500. The van der Waals surface area contributed by atoms with E-state index >= 15 is 0 Å². The largest absolute Gasteiger partial charge is 0.393 e. The van der Waals surface area contributed by atoms with Crippen LogP contribution in [0.2, 0.25) is 0 Å². The fourth-order valence-electron chi connectivity index (χ4n) is 2.69. The molecule has 1 aromatic carbocycles. The van der Waals surface area contributed by atoms with Crippen molar-refractivity contribution in [1.29, 1.82) is 5.26 Å². The van der Waals surface area contributed by atoms with Crippen LogP contribution in [0, 0.1) is 17.2 Å². The summed E-state index contributed by atoms with van der Waals surface area (Å²) in [7, 11) is 0. The Morgan fingerprint density at radius 3 is 2.83 bits per heavy atom. The lowest BCUT2D eigenvalue weighted by Gasteiger charge is -2.33. The van der Waals surface area contributed by atoms with Crippen molar-refractivity contribution in [3.63, 3.8) is 0 Å². The van der Waals surface area contributed by atoms with Crippen molar-refractivity contribution in [3.05, 3.63) is 29.8 Å². The molecule has 7 heteroatoms. The number of carbonyl (C=O) groups is 1. The molecule has 0 aliphatic carbocycles. The molecule has 1 aromatic rings. The molecule has 1 unspecified atom stereocenters. The molecular weight excluding hydrogens is 307 g/mol. The van der Waals surface area contributed by atoms with Crippen molar-refractivity contribution in [2.75, 3.05) is 25.0 Å². The molecule has 1 aliphatic heterocycles. The zero-order valence-corrected chi connectivity index (χ0v) is 12.6. The van der Waals surface area contributed by atoms with Crippen LogP contribution in [0.4, 0.5) is 18.9 Å². The second-order valence-electron chi connectivity index (χ2n) is 5.64. The summed E-state index contributed by atoms with van der Waals surface area (Å²) in [6.45, 7) is 0.813. The molecule has 2 rings (SSSR count). The zero-order chi connectivity index (χ0) is 16.9. The van der Waals surface area contributed by atoms with Gasteiger partial charge >= 0.3 is 6.18 Å². The second-order valence-corrected chi connectivity index (χ2v) is 5.64. The lowest BCUT2D eigenvalue weighted by molar-refractivity contribution is -0.186. The molecule has 1 fully saturated rings. The van der Waals surface area contributed by atoms with E-state index in [-0.39, 0.29) is 31.8 Å². The summed E-state index contributed by atoms with van der Waals surface area (Å²) in [4.78, 5) is 13.6. The van der Waals surface area contributed by atoms with E-state index in [9.17, 15) is 18.0 Å². The normalized spacial score (nSPS) is 19.1. The van der Waals surface area contributed by atoms with Gasteiger partial charge in [-0.1, -0.05) is 12.1 Å². The predicted molar refractivity (Wildman–Crippen MR) is 79.6 cm³/mol. The number of amides is 1. The van der Waals surface area contributed by atoms with Crippen LogP contribution >= 0.6 is 0 Å². The number of rotatable bonds is 4. The number of nitriles is 1. The molecular formula is C16H18F3N3O. The Morgan fingerprint density at radius 2 is 2.13 bits per heavy atom. The number of para-hydroxylation sites is 1. The standard InChI is InChI=1S/C16H18F3N3O/c17-16(18,19)13-5-3-8-22(11-13)9-7-15(23)21-14-6-2-1-4-12(14)10-20/h1-2,4,6,13H,3,5,7-9,11H2,(H,21,23). The smallest absolute Gasteiger partial charge is 0.325 e. The molecule has 1 saturated heterocycles. The summed E-state index contributed by atoms with van der Waals surface area (Å²) in [5.41, 5.74) is 0.780. The van der Waals surface area contributed by atoms with E-state index in [1.54, 1.807) is 29.2 Å². The highest BCUT2D eigenvalue weighted by Crippen LogP contribution is 2.33. The molecule has 0 saturated carbocycles. The van der Waals surface area contributed by atoms with Crippen LogP contribution in [0.15, 0.2) is 24.3 Å². The molecule has 0 radical (unpaired) electrons. The second kappa shape index (κ2) is 7.47. The molecule has 1 aliphatic rings. The molecule has 1 N–H and O–H groups in total. The minimum Gasteiger partial charge on any atom is -0.325 e. The van der Waals surface area contributed by atoms with Gasteiger partial charge in [-0.05, 0) is 31.5 Å². The van der Waals surface area contributed by atoms with Crippen LogP contribution in [0.1, 0.15) is 24.8 Å². The third-order valence-electron chi connectivity index (χ3n) is 3.95. The van der Waals surface area contributed by atoms with Crippen LogP contribution in [0.3, 0.4) is 0 Å². The van der Waals surface area contributed by atoms with Gasteiger partial charge < -0.3 is 10.2 Å². The van der Waals surface area contributed by atoms with Gasteiger partial charge in [-0.3, -0.25) is 4.79 Å². The number of alkyl halides is 3. The lowest BCUT2D eigenvalue weighted by atomic mass is 9.97. The predicted octanol–water partition coefficient (Wildman–Crippen LogP) is 3.16. The Morgan fingerprint density at radius 1 is 1.39 bits per heavy atom. The van der Waals surface area contributed by atoms with Crippen LogP contribution in [0.5, 0.6) is 0 Å². The van der Waals surface area contributed by atoms with Crippen LogP contribution in [-0.4, -0.2) is 36.6 Å². The van der Waals surface area contributed by atoms with Gasteiger partial charge in [0, 0.05) is 19.5 Å².